The van der Waals surface area contributed by atoms with Gasteiger partial charge in [0.25, 0.3) is 0 Å². The highest BCUT2D eigenvalue weighted by Crippen LogP contribution is 2.30. The fraction of sp³-hybridized carbons (Fsp3) is 0.231. The zero-order valence-corrected chi connectivity index (χ0v) is 17.1. The van der Waals surface area contributed by atoms with E-state index < -0.39 is 0 Å². The molecule has 144 valence electrons. The molecular formula is C26H28O2. The van der Waals surface area contributed by atoms with Crippen LogP contribution in [0.5, 0.6) is 0 Å². The van der Waals surface area contributed by atoms with E-state index in [1.165, 1.54) is 27.8 Å². The third-order valence-corrected chi connectivity index (χ3v) is 4.86. The summed E-state index contributed by atoms with van der Waals surface area (Å²) in [7, 11) is 0. The van der Waals surface area contributed by atoms with Gasteiger partial charge >= 0.3 is 0 Å². The Balaban J connectivity index is 1.92. The van der Waals surface area contributed by atoms with Crippen LogP contribution in [0, 0.1) is 13.8 Å². The topological polar surface area (TPSA) is 29.5 Å². The van der Waals surface area contributed by atoms with E-state index in [2.05, 4.69) is 68.4 Å². The van der Waals surface area contributed by atoms with Gasteiger partial charge in [-0.05, 0) is 78.3 Å². The molecule has 2 nitrogen and oxygen atoms in total. The SMILES string of the molecule is CC(C)=COCc1cc(-c2ccc(-c3ccc(C)cc3)cc2C)ccc1CO. The van der Waals surface area contributed by atoms with Gasteiger partial charge in [0.1, 0.15) is 6.61 Å². The Morgan fingerprint density at radius 2 is 1.50 bits per heavy atom. The van der Waals surface area contributed by atoms with Crippen LogP contribution < -0.4 is 0 Å². The lowest BCUT2D eigenvalue weighted by molar-refractivity contribution is 0.226. The van der Waals surface area contributed by atoms with E-state index in [0.717, 1.165) is 22.3 Å². The van der Waals surface area contributed by atoms with Gasteiger partial charge in [-0.25, -0.2) is 0 Å². The summed E-state index contributed by atoms with van der Waals surface area (Å²) >= 11 is 0. The molecule has 0 saturated carbocycles. The van der Waals surface area contributed by atoms with Crippen LogP contribution in [0.1, 0.15) is 36.1 Å². The van der Waals surface area contributed by atoms with Crippen molar-refractivity contribution < 1.29 is 9.84 Å². The van der Waals surface area contributed by atoms with E-state index in [1.807, 2.05) is 19.9 Å². The minimum absolute atomic E-state index is 0.0130. The molecule has 0 fully saturated rings. The average molecular weight is 373 g/mol. The average Bonchev–Trinajstić information content (AvgIpc) is 2.68. The van der Waals surface area contributed by atoms with Gasteiger partial charge in [-0.3, -0.25) is 0 Å². The van der Waals surface area contributed by atoms with Crippen LogP contribution in [0.4, 0.5) is 0 Å². The molecular weight excluding hydrogens is 344 g/mol. The van der Waals surface area contributed by atoms with E-state index in [1.54, 1.807) is 6.26 Å². The van der Waals surface area contributed by atoms with Crippen molar-refractivity contribution in [1.29, 1.82) is 0 Å². The van der Waals surface area contributed by atoms with Gasteiger partial charge in [0, 0.05) is 0 Å². The lowest BCUT2D eigenvalue weighted by Gasteiger charge is -2.13. The van der Waals surface area contributed by atoms with Crippen molar-refractivity contribution in [1.82, 2.24) is 0 Å². The van der Waals surface area contributed by atoms with E-state index in [4.69, 9.17) is 4.74 Å². The van der Waals surface area contributed by atoms with Crippen molar-refractivity contribution in [3.63, 3.8) is 0 Å². The van der Waals surface area contributed by atoms with E-state index in [0.29, 0.717) is 6.61 Å². The quantitative estimate of drug-likeness (QED) is 0.496. The summed E-state index contributed by atoms with van der Waals surface area (Å²) in [5.41, 5.74) is 10.3. The summed E-state index contributed by atoms with van der Waals surface area (Å²) in [6.45, 7) is 8.72. The van der Waals surface area contributed by atoms with E-state index in [-0.39, 0.29) is 6.61 Å². The lowest BCUT2D eigenvalue weighted by atomic mass is 9.93. The highest BCUT2D eigenvalue weighted by molar-refractivity contribution is 5.74. The van der Waals surface area contributed by atoms with E-state index in [9.17, 15) is 5.11 Å². The third-order valence-electron chi connectivity index (χ3n) is 4.86. The second kappa shape index (κ2) is 8.90. The Morgan fingerprint density at radius 1 is 0.821 bits per heavy atom. The zero-order valence-electron chi connectivity index (χ0n) is 17.1. The van der Waals surface area contributed by atoms with Crippen LogP contribution in [-0.4, -0.2) is 5.11 Å². The number of aliphatic hydroxyl groups is 1. The minimum Gasteiger partial charge on any atom is -0.497 e. The van der Waals surface area contributed by atoms with Crippen molar-refractivity contribution in [2.75, 3.05) is 0 Å². The van der Waals surface area contributed by atoms with Crippen LogP contribution >= 0.6 is 0 Å². The van der Waals surface area contributed by atoms with Crippen molar-refractivity contribution >= 4 is 0 Å². The Labute approximate surface area is 168 Å². The van der Waals surface area contributed by atoms with Crippen LogP contribution in [0.3, 0.4) is 0 Å². The summed E-state index contributed by atoms with van der Waals surface area (Å²) in [5.74, 6) is 0. The molecule has 0 spiro atoms. The normalized spacial score (nSPS) is 10.6. The Bertz CT molecular complexity index is 978. The molecule has 3 aromatic carbocycles. The van der Waals surface area contributed by atoms with Crippen LogP contribution in [0.25, 0.3) is 22.3 Å². The molecule has 0 saturated heterocycles. The van der Waals surface area contributed by atoms with Gasteiger partial charge in [0.15, 0.2) is 0 Å². The van der Waals surface area contributed by atoms with Crippen LogP contribution in [0.2, 0.25) is 0 Å². The minimum atomic E-state index is 0.0130. The monoisotopic (exact) mass is 372 g/mol. The largest absolute Gasteiger partial charge is 0.497 e. The maximum absolute atomic E-state index is 9.65. The van der Waals surface area contributed by atoms with Gasteiger partial charge in [-0.15, -0.1) is 0 Å². The van der Waals surface area contributed by atoms with Gasteiger partial charge < -0.3 is 9.84 Å². The Hall–Kier alpha value is -2.84. The van der Waals surface area contributed by atoms with E-state index >= 15 is 0 Å². The molecule has 0 unspecified atom stereocenters. The van der Waals surface area contributed by atoms with Gasteiger partial charge in [-0.2, -0.15) is 0 Å². The number of benzene rings is 3. The fourth-order valence-corrected chi connectivity index (χ4v) is 3.29. The molecule has 2 heteroatoms. The van der Waals surface area contributed by atoms with Crippen molar-refractivity contribution in [2.24, 2.45) is 0 Å². The standard InChI is InChI=1S/C26H28O2/c1-18(2)16-28-17-25-14-23(9-10-24(25)15-27)26-12-11-22(13-20(26)4)21-7-5-19(3)6-8-21/h5-14,16,27H,15,17H2,1-4H3. The van der Waals surface area contributed by atoms with Gasteiger partial charge in [0.05, 0.1) is 12.9 Å². The first-order valence-electron chi connectivity index (χ1n) is 9.63. The molecule has 0 aliphatic rings. The third kappa shape index (κ3) is 4.71. The number of aryl methyl sites for hydroxylation is 2. The predicted molar refractivity (Wildman–Crippen MR) is 117 cm³/mol. The maximum atomic E-state index is 9.65. The maximum Gasteiger partial charge on any atom is 0.113 e. The molecule has 0 radical (unpaired) electrons. The van der Waals surface area contributed by atoms with Crippen LogP contribution in [0.15, 0.2) is 72.5 Å². The Morgan fingerprint density at radius 3 is 2.14 bits per heavy atom. The van der Waals surface area contributed by atoms with Gasteiger partial charge in [0.2, 0.25) is 0 Å². The number of hydrogen-bond acceptors (Lipinski definition) is 2. The first-order chi connectivity index (χ1) is 13.5. The zero-order chi connectivity index (χ0) is 20.1. The fourth-order valence-electron chi connectivity index (χ4n) is 3.29. The first-order valence-corrected chi connectivity index (χ1v) is 9.63. The number of hydrogen-bond donors (Lipinski definition) is 1. The number of ether oxygens (including phenoxy) is 1. The highest BCUT2D eigenvalue weighted by atomic mass is 16.5. The number of allylic oxidation sites excluding steroid dienone is 1. The molecule has 28 heavy (non-hydrogen) atoms. The highest BCUT2D eigenvalue weighted by Gasteiger charge is 2.09. The molecule has 3 aromatic rings. The molecule has 0 heterocycles. The second-order valence-corrected chi connectivity index (χ2v) is 7.54. The van der Waals surface area contributed by atoms with Crippen molar-refractivity contribution in [3.8, 4) is 22.3 Å². The molecule has 1 N–H and O–H groups in total. The summed E-state index contributed by atoms with van der Waals surface area (Å²) in [4.78, 5) is 0. The van der Waals surface area contributed by atoms with Crippen molar-refractivity contribution in [2.45, 2.75) is 40.9 Å². The molecule has 0 bridgehead atoms. The summed E-state index contributed by atoms with van der Waals surface area (Å²) < 4.78 is 5.66. The second-order valence-electron chi connectivity index (χ2n) is 7.54. The molecule has 0 amide bonds. The number of aliphatic hydroxyl groups excluding tert-OH is 1. The first kappa shape index (κ1) is 19.9. The predicted octanol–water partition coefficient (Wildman–Crippen LogP) is 6.57. The Kier molecular flexibility index (Phi) is 6.33. The smallest absolute Gasteiger partial charge is 0.113 e. The summed E-state index contributed by atoms with van der Waals surface area (Å²) in [6.07, 6.45) is 1.76. The number of rotatable bonds is 6. The molecule has 0 atom stereocenters. The molecule has 3 rings (SSSR count). The lowest BCUT2D eigenvalue weighted by Crippen LogP contribution is -1.97. The molecule has 0 aliphatic heterocycles. The van der Waals surface area contributed by atoms with Crippen molar-refractivity contribution in [3.05, 3.63) is 94.8 Å². The summed E-state index contributed by atoms with van der Waals surface area (Å²) in [6, 6.07) is 21.4. The molecule has 0 aliphatic carbocycles. The van der Waals surface area contributed by atoms with Gasteiger partial charge in [-0.1, -0.05) is 60.2 Å². The van der Waals surface area contributed by atoms with Crippen LogP contribution in [-0.2, 0) is 18.0 Å². The molecule has 0 aromatic heterocycles. The summed E-state index contributed by atoms with van der Waals surface area (Å²) in [5, 5.41) is 9.65.